The van der Waals surface area contributed by atoms with Crippen molar-refractivity contribution in [3.8, 4) is 0 Å². The van der Waals surface area contributed by atoms with Gasteiger partial charge in [-0.3, -0.25) is 19.8 Å². The fourth-order valence-electron chi connectivity index (χ4n) is 3.62. The Morgan fingerprint density at radius 2 is 1.81 bits per heavy atom. The van der Waals surface area contributed by atoms with Crippen molar-refractivity contribution in [3.63, 3.8) is 0 Å². The molecule has 6 nitrogen and oxygen atoms in total. The summed E-state index contributed by atoms with van der Waals surface area (Å²) in [5.41, 5.74) is 7.14. The zero-order valence-corrected chi connectivity index (χ0v) is 19.9. The first-order valence-electron chi connectivity index (χ1n) is 11.0. The van der Waals surface area contributed by atoms with Crippen LogP contribution in [0.25, 0.3) is 0 Å². The van der Waals surface area contributed by atoms with Gasteiger partial charge < -0.3 is 5.32 Å². The van der Waals surface area contributed by atoms with E-state index in [4.69, 9.17) is 0 Å². The SMILES string of the molecule is Cc1cccc(C(=O)NC(=NCCc2c(C)nn(C)c2C)Nc2ccc(C(C)C)cc2)c1. The highest BCUT2D eigenvalue weighted by atomic mass is 16.1. The van der Waals surface area contributed by atoms with Gasteiger partial charge in [0, 0.05) is 30.5 Å². The molecule has 0 fully saturated rings. The van der Waals surface area contributed by atoms with Crippen LogP contribution in [0, 0.1) is 20.8 Å². The number of aromatic nitrogens is 2. The number of aryl methyl sites for hydroxylation is 3. The molecule has 168 valence electrons. The number of aliphatic imine (C=N–C) groups is 1. The van der Waals surface area contributed by atoms with Gasteiger partial charge in [-0.05, 0) is 68.5 Å². The number of guanidine groups is 1. The second kappa shape index (κ2) is 10.3. The van der Waals surface area contributed by atoms with Crippen molar-refractivity contribution in [2.24, 2.45) is 12.0 Å². The summed E-state index contributed by atoms with van der Waals surface area (Å²) in [6, 6.07) is 15.7. The van der Waals surface area contributed by atoms with Crippen molar-refractivity contribution in [3.05, 3.63) is 82.2 Å². The van der Waals surface area contributed by atoms with E-state index in [1.165, 1.54) is 11.1 Å². The molecule has 1 aromatic heterocycles. The lowest BCUT2D eigenvalue weighted by Crippen LogP contribution is -2.36. The van der Waals surface area contributed by atoms with Crippen LogP contribution in [-0.2, 0) is 13.5 Å². The molecule has 0 saturated heterocycles. The van der Waals surface area contributed by atoms with Crippen LogP contribution >= 0.6 is 0 Å². The highest BCUT2D eigenvalue weighted by Crippen LogP contribution is 2.17. The molecular formula is C26H33N5O. The summed E-state index contributed by atoms with van der Waals surface area (Å²) in [5, 5.41) is 10.7. The maximum atomic E-state index is 12.8. The molecule has 0 saturated carbocycles. The average molecular weight is 432 g/mol. The van der Waals surface area contributed by atoms with Gasteiger partial charge in [-0.2, -0.15) is 5.10 Å². The van der Waals surface area contributed by atoms with E-state index in [0.29, 0.717) is 24.0 Å². The van der Waals surface area contributed by atoms with Crippen molar-refractivity contribution < 1.29 is 4.79 Å². The van der Waals surface area contributed by atoms with E-state index in [2.05, 4.69) is 53.6 Å². The molecule has 3 aromatic rings. The standard InChI is InChI=1S/C26H33N5O/c1-17(2)21-10-12-23(13-11-21)28-26(29-25(32)22-9-7-8-18(3)16-22)27-15-14-24-19(4)30-31(6)20(24)5/h7-13,16-17H,14-15H2,1-6H3,(H2,27,28,29,32). The molecular weight excluding hydrogens is 398 g/mol. The Hall–Kier alpha value is -3.41. The lowest BCUT2D eigenvalue weighted by atomic mass is 10.0. The van der Waals surface area contributed by atoms with Gasteiger partial charge in [0.1, 0.15) is 0 Å². The second-order valence-electron chi connectivity index (χ2n) is 8.48. The monoisotopic (exact) mass is 431 g/mol. The highest BCUT2D eigenvalue weighted by molar-refractivity contribution is 6.10. The van der Waals surface area contributed by atoms with Crippen molar-refractivity contribution >= 4 is 17.6 Å². The molecule has 1 heterocycles. The molecule has 2 aromatic carbocycles. The largest absolute Gasteiger partial charge is 0.326 e. The summed E-state index contributed by atoms with van der Waals surface area (Å²) in [6.07, 6.45) is 0.753. The number of carbonyl (C=O) groups is 1. The third-order valence-electron chi connectivity index (χ3n) is 5.64. The summed E-state index contributed by atoms with van der Waals surface area (Å²) in [7, 11) is 1.95. The molecule has 2 N–H and O–H groups in total. The Morgan fingerprint density at radius 1 is 1.09 bits per heavy atom. The number of benzene rings is 2. The number of hydrogen-bond acceptors (Lipinski definition) is 3. The fourth-order valence-corrected chi connectivity index (χ4v) is 3.62. The van der Waals surface area contributed by atoms with Crippen LogP contribution in [0.2, 0.25) is 0 Å². The average Bonchev–Trinajstić information content (AvgIpc) is 3.00. The van der Waals surface area contributed by atoms with Crippen LogP contribution in [0.1, 0.15) is 58.2 Å². The summed E-state index contributed by atoms with van der Waals surface area (Å²) in [5.74, 6) is 0.713. The Kier molecular flexibility index (Phi) is 7.46. The smallest absolute Gasteiger partial charge is 0.257 e. The normalized spacial score (nSPS) is 11.7. The van der Waals surface area contributed by atoms with Gasteiger partial charge in [0.25, 0.3) is 5.91 Å². The third kappa shape index (κ3) is 5.84. The van der Waals surface area contributed by atoms with Gasteiger partial charge in [0.05, 0.1) is 5.69 Å². The summed E-state index contributed by atoms with van der Waals surface area (Å²) < 4.78 is 1.89. The number of carbonyl (C=O) groups excluding carboxylic acids is 1. The van der Waals surface area contributed by atoms with Gasteiger partial charge in [0.2, 0.25) is 5.96 Å². The Labute approximate surface area is 190 Å². The highest BCUT2D eigenvalue weighted by Gasteiger charge is 2.12. The lowest BCUT2D eigenvalue weighted by molar-refractivity contribution is 0.0977. The summed E-state index contributed by atoms with van der Waals surface area (Å²) >= 11 is 0. The van der Waals surface area contributed by atoms with E-state index < -0.39 is 0 Å². The van der Waals surface area contributed by atoms with Gasteiger partial charge in [-0.25, -0.2) is 0 Å². The number of nitrogens with one attached hydrogen (secondary N) is 2. The predicted octanol–water partition coefficient (Wildman–Crippen LogP) is 4.91. The molecule has 0 radical (unpaired) electrons. The second-order valence-corrected chi connectivity index (χ2v) is 8.48. The lowest BCUT2D eigenvalue weighted by Gasteiger charge is -2.13. The van der Waals surface area contributed by atoms with Crippen LogP contribution in [0.4, 0.5) is 5.69 Å². The van der Waals surface area contributed by atoms with Gasteiger partial charge in [-0.15, -0.1) is 0 Å². The number of hydrogen-bond donors (Lipinski definition) is 2. The minimum Gasteiger partial charge on any atom is -0.326 e. The topological polar surface area (TPSA) is 71.3 Å². The minimum absolute atomic E-state index is 0.188. The number of amides is 1. The van der Waals surface area contributed by atoms with Gasteiger partial charge in [-0.1, -0.05) is 43.7 Å². The number of anilines is 1. The molecule has 0 spiro atoms. The van der Waals surface area contributed by atoms with E-state index >= 15 is 0 Å². The van der Waals surface area contributed by atoms with E-state index in [9.17, 15) is 4.79 Å². The zero-order valence-electron chi connectivity index (χ0n) is 19.9. The molecule has 32 heavy (non-hydrogen) atoms. The quantitative estimate of drug-likeness (QED) is 0.430. The molecule has 0 aliphatic carbocycles. The maximum absolute atomic E-state index is 12.8. The summed E-state index contributed by atoms with van der Waals surface area (Å²) in [6.45, 7) is 10.9. The van der Waals surface area contributed by atoms with Crippen molar-refractivity contribution in [2.75, 3.05) is 11.9 Å². The molecule has 0 unspecified atom stereocenters. The van der Waals surface area contributed by atoms with E-state index in [-0.39, 0.29) is 5.91 Å². The van der Waals surface area contributed by atoms with Crippen molar-refractivity contribution in [1.82, 2.24) is 15.1 Å². The Morgan fingerprint density at radius 3 is 2.41 bits per heavy atom. The Bertz CT molecular complexity index is 1110. The van der Waals surface area contributed by atoms with Crippen LogP contribution in [-0.4, -0.2) is 28.2 Å². The van der Waals surface area contributed by atoms with Crippen molar-refractivity contribution in [2.45, 2.75) is 47.0 Å². The van der Waals surface area contributed by atoms with E-state index in [0.717, 1.165) is 29.1 Å². The minimum atomic E-state index is -0.188. The first kappa shape index (κ1) is 23.3. The molecule has 0 aliphatic rings. The first-order valence-corrected chi connectivity index (χ1v) is 11.0. The van der Waals surface area contributed by atoms with Gasteiger partial charge >= 0.3 is 0 Å². The van der Waals surface area contributed by atoms with E-state index in [1.807, 2.05) is 55.9 Å². The molecule has 6 heteroatoms. The van der Waals surface area contributed by atoms with Crippen LogP contribution in [0.15, 0.2) is 53.5 Å². The predicted molar refractivity (Wildman–Crippen MR) is 131 cm³/mol. The molecule has 0 bridgehead atoms. The molecule has 1 amide bonds. The zero-order chi connectivity index (χ0) is 23.3. The Balaban J connectivity index is 1.79. The first-order chi connectivity index (χ1) is 15.2. The van der Waals surface area contributed by atoms with Crippen LogP contribution < -0.4 is 10.6 Å². The molecule has 3 rings (SSSR count). The van der Waals surface area contributed by atoms with Gasteiger partial charge in [0.15, 0.2) is 0 Å². The number of rotatable bonds is 6. The maximum Gasteiger partial charge on any atom is 0.257 e. The third-order valence-corrected chi connectivity index (χ3v) is 5.64. The fraction of sp³-hybridized carbons (Fsp3) is 0.346. The number of nitrogens with zero attached hydrogens (tertiary/aromatic N) is 3. The molecule has 0 atom stereocenters. The van der Waals surface area contributed by atoms with Crippen molar-refractivity contribution in [1.29, 1.82) is 0 Å². The summed E-state index contributed by atoms with van der Waals surface area (Å²) in [4.78, 5) is 17.5. The van der Waals surface area contributed by atoms with E-state index in [1.54, 1.807) is 6.07 Å². The molecule has 0 aliphatic heterocycles. The van der Waals surface area contributed by atoms with Crippen LogP contribution in [0.5, 0.6) is 0 Å². The van der Waals surface area contributed by atoms with Crippen LogP contribution in [0.3, 0.4) is 0 Å².